The molecule has 4 heteroatoms. The second-order valence-corrected chi connectivity index (χ2v) is 5.61. The standard InChI is InChI=1S/C20H25NO3/c1-17(19-11-6-3-7-12-19)24-14-8-13-21-20(22)16-23-15-18-9-4-2-5-10-18/h2-7,9-12,17H,8,13-16H2,1H3,(H,21,22). The molecular weight excluding hydrogens is 302 g/mol. The van der Waals surface area contributed by atoms with Gasteiger partial charge in [-0.15, -0.1) is 0 Å². The van der Waals surface area contributed by atoms with Crippen molar-refractivity contribution < 1.29 is 14.3 Å². The van der Waals surface area contributed by atoms with E-state index in [4.69, 9.17) is 9.47 Å². The Morgan fingerprint density at radius 2 is 1.71 bits per heavy atom. The Bertz CT molecular complexity index is 586. The average molecular weight is 327 g/mol. The number of ether oxygens (including phenoxy) is 2. The van der Waals surface area contributed by atoms with Crippen LogP contribution in [0.15, 0.2) is 60.7 Å². The minimum absolute atomic E-state index is 0.0658. The summed E-state index contributed by atoms with van der Waals surface area (Å²) in [5.41, 5.74) is 2.23. The van der Waals surface area contributed by atoms with Crippen molar-refractivity contribution in [3.63, 3.8) is 0 Å². The number of rotatable bonds is 10. The predicted octanol–water partition coefficient (Wildman–Crippen LogP) is 3.49. The lowest BCUT2D eigenvalue weighted by molar-refractivity contribution is -0.126. The number of carbonyl (C=O) groups is 1. The smallest absolute Gasteiger partial charge is 0.246 e. The first-order valence-corrected chi connectivity index (χ1v) is 8.30. The lowest BCUT2D eigenvalue weighted by Gasteiger charge is -2.13. The summed E-state index contributed by atoms with van der Waals surface area (Å²) in [6, 6.07) is 19.9. The normalized spacial score (nSPS) is 11.9. The molecule has 0 saturated heterocycles. The van der Waals surface area contributed by atoms with E-state index >= 15 is 0 Å². The van der Waals surface area contributed by atoms with Crippen molar-refractivity contribution in [2.45, 2.75) is 26.1 Å². The van der Waals surface area contributed by atoms with E-state index in [1.807, 2.05) is 55.5 Å². The van der Waals surface area contributed by atoms with Crippen LogP contribution in [0.4, 0.5) is 0 Å². The predicted molar refractivity (Wildman–Crippen MR) is 94.5 cm³/mol. The van der Waals surface area contributed by atoms with Crippen molar-refractivity contribution in [2.75, 3.05) is 19.8 Å². The van der Waals surface area contributed by atoms with Crippen LogP contribution in [0.25, 0.3) is 0 Å². The van der Waals surface area contributed by atoms with Gasteiger partial charge < -0.3 is 14.8 Å². The molecule has 2 aromatic carbocycles. The van der Waals surface area contributed by atoms with Crippen molar-refractivity contribution in [3.05, 3.63) is 71.8 Å². The van der Waals surface area contributed by atoms with E-state index in [1.165, 1.54) is 0 Å². The minimum atomic E-state index is -0.0953. The molecule has 0 aliphatic heterocycles. The van der Waals surface area contributed by atoms with Crippen LogP contribution < -0.4 is 5.32 Å². The number of carbonyl (C=O) groups excluding carboxylic acids is 1. The van der Waals surface area contributed by atoms with Gasteiger partial charge in [-0.3, -0.25) is 4.79 Å². The zero-order valence-corrected chi connectivity index (χ0v) is 14.1. The molecule has 2 aromatic rings. The Labute approximate surface area is 143 Å². The van der Waals surface area contributed by atoms with E-state index in [1.54, 1.807) is 0 Å². The highest BCUT2D eigenvalue weighted by Crippen LogP contribution is 2.15. The van der Waals surface area contributed by atoms with E-state index in [0.29, 0.717) is 19.8 Å². The van der Waals surface area contributed by atoms with Gasteiger partial charge in [-0.1, -0.05) is 60.7 Å². The van der Waals surface area contributed by atoms with Crippen LogP contribution >= 0.6 is 0 Å². The Hall–Kier alpha value is -2.17. The number of amides is 1. The summed E-state index contributed by atoms with van der Waals surface area (Å²) in [4.78, 5) is 11.7. The molecule has 24 heavy (non-hydrogen) atoms. The van der Waals surface area contributed by atoms with Gasteiger partial charge in [0.25, 0.3) is 0 Å². The Balaban J connectivity index is 1.50. The summed E-state index contributed by atoms with van der Waals surface area (Å²) in [6.07, 6.45) is 0.845. The quantitative estimate of drug-likeness (QED) is 0.680. The maximum Gasteiger partial charge on any atom is 0.246 e. The zero-order chi connectivity index (χ0) is 17.0. The minimum Gasteiger partial charge on any atom is -0.374 e. The molecule has 0 fully saturated rings. The van der Waals surface area contributed by atoms with E-state index in [0.717, 1.165) is 17.5 Å². The Morgan fingerprint density at radius 1 is 1.04 bits per heavy atom. The third-order valence-electron chi connectivity index (χ3n) is 3.62. The van der Waals surface area contributed by atoms with Crippen molar-refractivity contribution in [3.8, 4) is 0 Å². The lowest BCUT2D eigenvalue weighted by atomic mass is 10.1. The molecule has 0 bridgehead atoms. The third-order valence-corrected chi connectivity index (χ3v) is 3.62. The highest BCUT2D eigenvalue weighted by atomic mass is 16.5. The SMILES string of the molecule is CC(OCCCNC(=O)COCc1ccccc1)c1ccccc1. The highest BCUT2D eigenvalue weighted by Gasteiger charge is 2.05. The van der Waals surface area contributed by atoms with Crippen molar-refractivity contribution in [1.82, 2.24) is 5.32 Å². The molecule has 0 aliphatic rings. The summed E-state index contributed by atoms with van der Waals surface area (Å²) in [7, 11) is 0. The average Bonchev–Trinajstić information content (AvgIpc) is 2.63. The van der Waals surface area contributed by atoms with Crippen LogP contribution in [0.1, 0.15) is 30.6 Å². The summed E-state index contributed by atoms with van der Waals surface area (Å²) in [5.74, 6) is -0.0953. The molecule has 2 rings (SSSR count). The van der Waals surface area contributed by atoms with Crippen LogP contribution in [0.2, 0.25) is 0 Å². The second kappa shape index (κ2) is 10.6. The fourth-order valence-electron chi connectivity index (χ4n) is 2.27. The van der Waals surface area contributed by atoms with Gasteiger partial charge in [0, 0.05) is 13.2 Å². The summed E-state index contributed by atoms with van der Waals surface area (Å²) in [5, 5.41) is 2.84. The van der Waals surface area contributed by atoms with E-state index in [2.05, 4.69) is 17.4 Å². The molecule has 1 amide bonds. The van der Waals surface area contributed by atoms with E-state index in [-0.39, 0.29) is 18.6 Å². The zero-order valence-electron chi connectivity index (χ0n) is 14.1. The van der Waals surface area contributed by atoms with E-state index in [9.17, 15) is 4.79 Å². The molecule has 1 atom stereocenters. The van der Waals surface area contributed by atoms with Crippen molar-refractivity contribution >= 4 is 5.91 Å². The van der Waals surface area contributed by atoms with Crippen LogP contribution in [0, 0.1) is 0 Å². The van der Waals surface area contributed by atoms with Crippen LogP contribution in [-0.2, 0) is 20.9 Å². The van der Waals surface area contributed by atoms with Gasteiger partial charge in [-0.25, -0.2) is 0 Å². The maximum absolute atomic E-state index is 11.7. The Morgan fingerprint density at radius 3 is 2.42 bits per heavy atom. The van der Waals surface area contributed by atoms with Crippen molar-refractivity contribution in [2.24, 2.45) is 0 Å². The first kappa shape index (κ1) is 18.2. The molecular formula is C20H25NO3. The third kappa shape index (κ3) is 6.94. The first-order valence-electron chi connectivity index (χ1n) is 8.30. The number of hydrogen-bond donors (Lipinski definition) is 1. The Kier molecular flexibility index (Phi) is 8.01. The van der Waals surface area contributed by atoms with Gasteiger partial charge in [-0.05, 0) is 24.5 Å². The number of nitrogens with one attached hydrogen (secondary N) is 1. The second-order valence-electron chi connectivity index (χ2n) is 5.61. The molecule has 0 heterocycles. The number of benzene rings is 2. The molecule has 0 radical (unpaired) electrons. The molecule has 128 valence electrons. The van der Waals surface area contributed by atoms with Gasteiger partial charge in [0.1, 0.15) is 6.61 Å². The molecule has 0 aromatic heterocycles. The molecule has 1 N–H and O–H groups in total. The topological polar surface area (TPSA) is 47.6 Å². The molecule has 0 aliphatic carbocycles. The van der Waals surface area contributed by atoms with Gasteiger partial charge in [0.15, 0.2) is 0 Å². The van der Waals surface area contributed by atoms with Gasteiger partial charge in [0.2, 0.25) is 5.91 Å². The lowest BCUT2D eigenvalue weighted by Crippen LogP contribution is -2.29. The summed E-state index contributed by atoms with van der Waals surface area (Å²) in [6.45, 7) is 3.77. The molecule has 1 unspecified atom stereocenters. The fraction of sp³-hybridized carbons (Fsp3) is 0.350. The maximum atomic E-state index is 11.7. The number of hydrogen-bond acceptors (Lipinski definition) is 3. The summed E-state index contributed by atoms with van der Waals surface area (Å²) >= 11 is 0. The van der Waals surface area contributed by atoms with Gasteiger partial charge in [-0.2, -0.15) is 0 Å². The molecule has 4 nitrogen and oxygen atoms in total. The first-order chi connectivity index (χ1) is 11.8. The summed E-state index contributed by atoms with van der Waals surface area (Å²) < 4.78 is 11.2. The highest BCUT2D eigenvalue weighted by molar-refractivity contribution is 5.77. The van der Waals surface area contributed by atoms with Crippen molar-refractivity contribution in [1.29, 1.82) is 0 Å². The van der Waals surface area contributed by atoms with Crippen LogP contribution in [0.3, 0.4) is 0 Å². The fourth-order valence-corrected chi connectivity index (χ4v) is 2.27. The largest absolute Gasteiger partial charge is 0.374 e. The molecule has 0 saturated carbocycles. The van der Waals surface area contributed by atoms with E-state index < -0.39 is 0 Å². The van der Waals surface area contributed by atoms with Crippen LogP contribution in [-0.4, -0.2) is 25.7 Å². The van der Waals surface area contributed by atoms with Gasteiger partial charge >= 0.3 is 0 Å². The molecule has 0 spiro atoms. The van der Waals surface area contributed by atoms with Crippen LogP contribution in [0.5, 0.6) is 0 Å². The monoisotopic (exact) mass is 327 g/mol. The van der Waals surface area contributed by atoms with Gasteiger partial charge in [0.05, 0.1) is 12.7 Å².